The van der Waals surface area contributed by atoms with Gasteiger partial charge in [-0.3, -0.25) is 0 Å². The Morgan fingerprint density at radius 3 is 2.59 bits per heavy atom. The molecule has 2 aliphatic heterocycles. The first-order valence-corrected chi connectivity index (χ1v) is 12.2. The van der Waals surface area contributed by atoms with Gasteiger partial charge in [0.2, 0.25) is 5.79 Å². The van der Waals surface area contributed by atoms with Gasteiger partial charge in [0.1, 0.15) is 18.5 Å². The van der Waals surface area contributed by atoms with Crippen LogP contribution in [0, 0.1) is 0 Å². The maximum absolute atomic E-state index is 6.54. The van der Waals surface area contributed by atoms with Gasteiger partial charge in [-0.2, -0.15) is 0 Å². The molecule has 9 heteroatoms. The van der Waals surface area contributed by atoms with E-state index in [1.165, 1.54) is 5.69 Å². The van der Waals surface area contributed by atoms with E-state index >= 15 is 0 Å². The van der Waals surface area contributed by atoms with Crippen molar-refractivity contribution in [2.45, 2.75) is 18.4 Å². The van der Waals surface area contributed by atoms with Crippen molar-refractivity contribution in [1.82, 2.24) is 14.5 Å². The van der Waals surface area contributed by atoms with Crippen LogP contribution in [-0.4, -0.2) is 67.0 Å². The minimum Gasteiger partial charge on any atom is -0.491 e. The third kappa shape index (κ3) is 5.19. The molecule has 2 aliphatic rings. The Bertz CT molecular complexity index is 1090. The van der Waals surface area contributed by atoms with Gasteiger partial charge in [0.25, 0.3) is 0 Å². The monoisotopic (exact) mass is 502 g/mol. The van der Waals surface area contributed by atoms with Crippen molar-refractivity contribution in [2.24, 2.45) is 0 Å². The molecular weight excluding hydrogens is 475 g/mol. The van der Waals surface area contributed by atoms with Crippen LogP contribution in [0.2, 0.25) is 10.0 Å². The number of rotatable bonds is 7. The van der Waals surface area contributed by atoms with Crippen molar-refractivity contribution in [3.63, 3.8) is 0 Å². The van der Waals surface area contributed by atoms with Gasteiger partial charge in [-0.25, -0.2) is 4.98 Å². The zero-order chi connectivity index (χ0) is 23.5. The van der Waals surface area contributed by atoms with Crippen molar-refractivity contribution in [2.75, 3.05) is 51.3 Å². The molecule has 2 saturated heterocycles. The summed E-state index contributed by atoms with van der Waals surface area (Å²) in [5, 5.41) is 1.05. The Kier molecular flexibility index (Phi) is 6.99. The summed E-state index contributed by atoms with van der Waals surface area (Å²) >= 11 is 12.7. The number of hydrogen-bond acceptors (Lipinski definition) is 6. The lowest BCUT2D eigenvalue weighted by molar-refractivity contribution is -0.189. The van der Waals surface area contributed by atoms with Crippen LogP contribution in [-0.2, 0) is 21.8 Å². The molecule has 3 heterocycles. The SMILES string of the molecule is CN1CCN(c2ccc(OC[C@@H]3CO[C@](Cn4ccnc4)(c4ccc(Cl)cc4Cl)O3)cc2)CC1. The minimum atomic E-state index is -1.05. The first kappa shape index (κ1) is 23.5. The third-order valence-electron chi connectivity index (χ3n) is 6.29. The van der Waals surface area contributed by atoms with Gasteiger partial charge in [0.05, 0.1) is 24.5 Å². The summed E-state index contributed by atoms with van der Waals surface area (Å²) in [6, 6.07) is 13.6. The highest BCUT2D eigenvalue weighted by molar-refractivity contribution is 6.35. The lowest BCUT2D eigenvalue weighted by Crippen LogP contribution is -2.44. The highest BCUT2D eigenvalue weighted by Crippen LogP contribution is 2.40. The van der Waals surface area contributed by atoms with Crippen LogP contribution < -0.4 is 9.64 Å². The molecule has 7 nitrogen and oxygen atoms in total. The maximum Gasteiger partial charge on any atom is 0.215 e. The van der Waals surface area contributed by atoms with Gasteiger partial charge < -0.3 is 28.6 Å². The molecule has 0 spiro atoms. The number of aromatic nitrogens is 2. The maximum atomic E-state index is 6.54. The Labute approximate surface area is 209 Å². The van der Waals surface area contributed by atoms with E-state index in [1.54, 1.807) is 24.7 Å². The number of hydrogen-bond donors (Lipinski definition) is 0. The second-order valence-electron chi connectivity index (χ2n) is 8.76. The zero-order valence-corrected chi connectivity index (χ0v) is 20.6. The van der Waals surface area contributed by atoms with Gasteiger partial charge in [-0.15, -0.1) is 0 Å². The van der Waals surface area contributed by atoms with E-state index in [-0.39, 0.29) is 6.10 Å². The van der Waals surface area contributed by atoms with Crippen LogP contribution in [0.15, 0.2) is 61.2 Å². The fourth-order valence-corrected chi connectivity index (χ4v) is 4.93. The van der Waals surface area contributed by atoms with E-state index in [9.17, 15) is 0 Å². The summed E-state index contributed by atoms with van der Waals surface area (Å²) in [4.78, 5) is 8.88. The Morgan fingerprint density at radius 2 is 1.88 bits per heavy atom. The summed E-state index contributed by atoms with van der Waals surface area (Å²) in [6.07, 6.45) is 5.06. The summed E-state index contributed by atoms with van der Waals surface area (Å²) in [5.41, 5.74) is 1.95. The molecule has 0 bridgehead atoms. The van der Waals surface area contributed by atoms with Gasteiger partial charge >= 0.3 is 0 Å². The number of ether oxygens (including phenoxy) is 3. The second-order valence-corrected chi connectivity index (χ2v) is 9.60. The molecule has 0 aliphatic carbocycles. The van der Waals surface area contributed by atoms with E-state index in [0.29, 0.717) is 29.8 Å². The molecule has 2 aromatic carbocycles. The second kappa shape index (κ2) is 10.1. The first-order chi connectivity index (χ1) is 16.5. The fourth-order valence-electron chi connectivity index (χ4n) is 4.38. The number of imidazole rings is 1. The lowest BCUT2D eigenvalue weighted by Gasteiger charge is -2.34. The van der Waals surface area contributed by atoms with Gasteiger partial charge in [0.15, 0.2) is 0 Å². The number of piperazine rings is 1. The third-order valence-corrected chi connectivity index (χ3v) is 6.84. The number of likely N-dealkylation sites (N-methyl/N-ethyl adjacent to an activating group) is 1. The van der Waals surface area contributed by atoms with E-state index < -0.39 is 5.79 Å². The van der Waals surface area contributed by atoms with Crippen molar-refractivity contribution >= 4 is 28.9 Å². The average molecular weight is 503 g/mol. The quantitative estimate of drug-likeness (QED) is 0.480. The van der Waals surface area contributed by atoms with Crippen molar-refractivity contribution in [3.05, 3.63) is 76.8 Å². The highest BCUT2D eigenvalue weighted by atomic mass is 35.5. The predicted octanol–water partition coefficient (Wildman–Crippen LogP) is 4.29. The normalized spacial score (nSPS) is 23.4. The highest BCUT2D eigenvalue weighted by Gasteiger charge is 2.45. The zero-order valence-electron chi connectivity index (χ0n) is 19.1. The standard InChI is InChI=1S/C25H28Cl2N4O3/c1-29-10-12-31(13-11-29)20-3-5-21(6-4-20)32-15-22-16-33-25(34-22,17-30-9-8-28-18-30)23-7-2-19(26)14-24(23)27/h2-9,14,18,22H,10-13,15-17H2,1H3/t22-,25+/m1/s1. The molecule has 5 rings (SSSR count). The summed E-state index contributed by atoms with van der Waals surface area (Å²) < 4.78 is 20.6. The Morgan fingerprint density at radius 1 is 1.09 bits per heavy atom. The fraction of sp³-hybridized carbons (Fsp3) is 0.400. The molecule has 0 N–H and O–H groups in total. The van der Waals surface area contributed by atoms with Crippen molar-refractivity contribution < 1.29 is 14.2 Å². The van der Waals surface area contributed by atoms with Gasteiger partial charge in [-0.1, -0.05) is 29.3 Å². The predicted molar refractivity (Wildman–Crippen MR) is 133 cm³/mol. The van der Waals surface area contributed by atoms with Crippen LogP contribution in [0.3, 0.4) is 0 Å². The molecule has 0 saturated carbocycles. The van der Waals surface area contributed by atoms with Gasteiger partial charge in [-0.05, 0) is 43.4 Å². The Balaban J connectivity index is 1.25. The van der Waals surface area contributed by atoms with Crippen molar-refractivity contribution in [1.29, 1.82) is 0 Å². The number of nitrogens with zero attached hydrogens (tertiary/aromatic N) is 4. The summed E-state index contributed by atoms with van der Waals surface area (Å²) in [7, 11) is 2.16. The van der Waals surface area contributed by atoms with Crippen LogP contribution in [0.25, 0.3) is 0 Å². The molecule has 3 aromatic rings. The van der Waals surface area contributed by atoms with Crippen LogP contribution in [0.5, 0.6) is 5.75 Å². The van der Waals surface area contributed by atoms with E-state index in [0.717, 1.165) is 37.5 Å². The molecule has 0 amide bonds. The molecule has 34 heavy (non-hydrogen) atoms. The van der Waals surface area contributed by atoms with E-state index in [2.05, 4.69) is 34.0 Å². The van der Waals surface area contributed by atoms with E-state index in [4.69, 9.17) is 37.4 Å². The number of benzene rings is 2. The first-order valence-electron chi connectivity index (χ1n) is 11.4. The van der Waals surface area contributed by atoms with E-state index in [1.807, 2.05) is 29.0 Å². The van der Waals surface area contributed by atoms with Crippen LogP contribution in [0.1, 0.15) is 5.56 Å². The summed E-state index contributed by atoms with van der Waals surface area (Å²) in [6.45, 7) is 5.39. The molecular formula is C25H28Cl2N4O3. The number of anilines is 1. The molecule has 0 unspecified atom stereocenters. The van der Waals surface area contributed by atoms with Gasteiger partial charge in [0, 0.05) is 54.8 Å². The molecule has 180 valence electrons. The van der Waals surface area contributed by atoms with Crippen LogP contribution >= 0.6 is 23.2 Å². The molecule has 1 aromatic heterocycles. The molecule has 2 fully saturated rings. The molecule has 2 atom stereocenters. The molecule has 0 radical (unpaired) electrons. The topological polar surface area (TPSA) is 52.0 Å². The van der Waals surface area contributed by atoms with Crippen molar-refractivity contribution in [3.8, 4) is 5.75 Å². The lowest BCUT2D eigenvalue weighted by atomic mass is 10.1. The Hall–Kier alpha value is -2.29. The smallest absolute Gasteiger partial charge is 0.215 e. The average Bonchev–Trinajstić information content (AvgIpc) is 3.49. The van der Waals surface area contributed by atoms with Crippen LogP contribution in [0.4, 0.5) is 5.69 Å². The largest absolute Gasteiger partial charge is 0.491 e. The number of halogens is 2. The minimum absolute atomic E-state index is 0.257. The summed E-state index contributed by atoms with van der Waals surface area (Å²) in [5.74, 6) is -0.250.